The van der Waals surface area contributed by atoms with E-state index in [1.807, 2.05) is 36.4 Å². The Morgan fingerprint density at radius 3 is 2.29 bits per heavy atom. The summed E-state index contributed by atoms with van der Waals surface area (Å²) >= 11 is 0. The second kappa shape index (κ2) is 5.89. The molecule has 5 nitrogen and oxygen atoms in total. The highest BCUT2D eigenvalue weighted by Gasteiger charge is 2.30. The van der Waals surface area contributed by atoms with E-state index in [2.05, 4.69) is 9.82 Å². The molecule has 0 bridgehead atoms. The highest BCUT2D eigenvalue weighted by atomic mass is 32.3. The fourth-order valence-electron chi connectivity index (χ4n) is 2.61. The molecule has 1 aromatic heterocycles. The van der Waals surface area contributed by atoms with Gasteiger partial charge in [-0.1, -0.05) is 40.6 Å². The third kappa shape index (κ3) is 2.98. The Balaban J connectivity index is 1.73. The molecule has 2 aromatic carbocycles. The lowest BCUT2D eigenvalue weighted by molar-refractivity contribution is 0.483. The van der Waals surface area contributed by atoms with Gasteiger partial charge in [-0.25, -0.2) is 4.68 Å². The number of benzene rings is 2. The van der Waals surface area contributed by atoms with E-state index >= 15 is 0 Å². The highest BCUT2D eigenvalue weighted by molar-refractivity contribution is 7.98. The molecule has 1 unspecified atom stereocenters. The van der Waals surface area contributed by atoms with E-state index in [9.17, 15) is 8.76 Å². The van der Waals surface area contributed by atoms with Crippen molar-refractivity contribution in [1.82, 2.24) is 9.78 Å². The summed E-state index contributed by atoms with van der Waals surface area (Å²) in [4.78, 5) is 0.235. The van der Waals surface area contributed by atoms with Crippen molar-refractivity contribution >= 4 is 16.2 Å². The predicted octanol–water partition coefficient (Wildman–Crippen LogP) is 3.77. The first kappa shape index (κ1) is 15.1. The summed E-state index contributed by atoms with van der Waals surface area (Å²) in [7, 11) is -3.65. The molecule has 3 aromatic rings. The van der Waals surface area contributed by atoms with Gasteiger partial charge in [0.05, 0.1) is 11.4 Å². The second-order valence-corrected chi connectivity index (χ2v) is 7.58. The monoisotopic (exact) mass is 339 g/mol. The smallest absolute Gasteiger partial charge is 0.181 e. The van der Waals surface area contributed by atoms with Gasteiger partial charge in [0.1, 0.15) is 0 Å². The van der Waals surface area contributed by atoms with Crippen molar-refractivity contribution < 1.29 is 8.76 Å². The molecule has 1 aliphatic rings. The van der Waals surface area contributed by atoms with Crippen LogP contribution in [-0.2, 0) is 14.6 Å². The van der Waals surface area contributed by atoms with Crippen molar-refractivity contribution in [2.45, 2.75) is 23.7 Å². The van der Waals surface area contributed by atoms with Crippen LogP contribution in [0.2, 0.25) is 0 Å². The van der Waals surface area contributed by atoms with Gasteiger partial charge < -0.3 is 4.55 Å². The molecule has 1 atom stereocenters. The molecule has 0 spiro atoms. The fraction of sp³-hybridized carbons (Fsp3) is 0.167. The SMILES string of the molecule is O=[S+]([O-])(Nc1cc(C2CC2)nn1-c1ccccc1)c1ccccc1. The zero-order chi connectivity index (χ0) is 16.6. The third-order valence-electron chi connectivity index (χ3n) is 4.02. The molecule has 1 heterocycles. The maximum absolute atomic E-state index is 12.6. The summed E-state index contributed by atoms with van der Waals surface area (Å²) in [6.45, 7) is 0. The number of aromatic nitrogens is 2. The van der Waals surface area contributed by atoms with E-state index < -0.39 is 10.4 Å². The fourth-order valence-corrected chi connectivity index (χ4v) is 3.67. The van der Waals surface area contributed by atoms with Crippen molar-refractivity contribution in [1.29, 1.82) is 0 Å². The molecule has 1 aliphatic carbocycles. The lowest BCUT2D eigenvalue weighted by atomic mass is 10.3. The zero-order valence-electron chi connectivity index (χ0n) is 13.0. The molecule has 0 aliphatic heterocycles. The number of nitrogens with one attached hydrogen (secondary N) is 1. The van der Waals surface area contributed by atoms with Crippen molar-refractivity contribution in [2.75, 3.05) is 4.72 Å². The quantitative estimate of drug-likeness (QED) is 0.719. The standard InChI is InChI=1S/C18H17N3O2S/c22-24(23,16-9-5-2-6-10-16)20-18-13-17(14-11-12-14)19-21(18)15-7-3-1-4-8-15/h1-10,13-14H,11-12H2,(H-,20,22,23). The van der Waals surface area contributed by atoms with Crippen LogP contribution in [0, 0.1) is 0 Å². The number of hydrogen-bond acceptors (Lipinski definition) is 3. The van der Waals surface area contributed by atoms with E-state index in [-0.39, 0.29) is 4.90 Å². The minimum Gasteiger partial charge on any atom is -0.588 e. The predicted molar refractivity (Wildman–Crippen MR) is 92.7 cm³/mol. The van der Waals surface area contributed by atoms with Crippen LogP contribution in [0.4, 0.5) is 5.82 Å². The van der Waals surface area contributed by atoms with E-state index in [4.69, 9.17) is 0 Å². The number of hydrogen-bond donors (Lipinski definition) is 1. The first-order chi connectivity index (χ1) is 11.6. The third-order valence-corrected chi connectivity index (χ3v) is 5.39. The van der Waals surface area contributed by atoms with E-state index in [1.165, 1.54) is 0 Å². The Hall–Kier alpha value is -2.44. The number of para-hydroxylation sites is 1. The van der Waals surface area contributed by atoms with Crippen LogP contribution >= 0.6 is 0 Å². The minimum absolute atomic E-state index is 0.235. The summed E-state index contributed by atoms with van der Waals surface area (Å²) in [5, 5.41) is 4.61. The summed E-state index contributed by atoms with van der Waals surface area (Å²) in [5.74, 6) is 0.905. The molecule has 1 saturated carbocycles. The Kier molecular flexibility index (Phi) is 3.70. The van der Waals surface area contributed by atoms with Crippen LogP contribution in [-0.4, -0.2) is 14.3 Å². The summed E-state index contributed by atoms with van der Waals surface area (Å²) in [6.07, 6.45) is 2.22. The second-order valence-electron chi connectivity index (χ2n) is 5.89. The van der Waals surface area contributed by atoms with Crippen LogP contribution in [0.5, 0.6) is 0 Å². The average Bonchev–Trinajstić information content (AvgIpc) is 3.38. The molecular weight excluding hydrogens is 322 g/mol. The van der Waals surface area contributed by atoms with Crippen LogP contribution in [0.15, 0.2) is 71.6 Å². The average molecular weight is 339 g/mol. The lowest BCUT2D eigenvalue weighted by Gasteiger charge is -2.16. The molecule has 6 heteroatoms. The van der Waals surface area contributed by atoms with Crippen molar-refractivity contribution in [2.24, 2.45) is 0 Å². The first-order valence-corrected chi connectivity index (χ1v) is 9.35. The van der Waals surface area contributed by atoms with Crippen LogP contribution in [0.1, 0.15) is 24.5 Å². The number of anilines is 1. The summed E-state index contributed by atoms with van der Waals surface area (Å²) in [6, 6.07) is 19.7. The zero-order valence-corrected chi connectivity index (χ0v) is 13.8. The van der Waals surface area contributed by atoms with Crippen molar-refractivity contribution in [3.63, 3.8) is 0 Å². The van der Waals surface area contributed by atoms with Crippen molar-refractivity contribution in [3.8, 4) is 5.69 Å². The summed E-state index contributed by atoms with van der Waals surface area (Å²) < 4.78 is 29.6. The van der Waals surface area contributed by atoms with Gasteiger partial charge in [-0.2, -0.15) is 9.82 Å². The van der Waals surface area contributed by atoms with Gasteiger partial charge in [-0.05, 0) is 37.1 Å². The summed E-state index contributed by atoms with van der Waals surface area (Å²) in [5.41, 5.74) is 1.76. The minimum atomic E-state index is -3.65. The van der Waals surface area contributed by atoms with Gasteiger partial charge in [0, 0.05) is 12.0 Å². The number of nitrogens with zero attached hydrogens (tertiary/aromatic N) is 2. The Morgan fingerprint density at radius 2 is 1.67 bits per heavy atom. The number of rotatable bonds is 5. The molecule has 0 saturated heterocycles. The molecule has 4 rings (SSSR count). The first-order valence-electron chi connectivity index (χ1n) is 7.87. The topological polar surface area (TPSA) is 70.0 Å². The molecule has 1 fully saturated rings. The van der Waals surface area contributed by atoms with Crippen LogP contribution in [0.25, 0.3) is 5.69 Å². The lowest BCUT2D eigenvalue weighted by Crippen LogP contribution is -2.22. The largest absolute Gasteiger partial charge is 0.588 e. The molecule has 122 valence electrons. The van der Waals surface area contributed by atoms with Gasteiger partial charge in [-0.15, -0.1) is 0 Å². The van der Waals surface area contributed by atoms with Crippen molar-refractivity contribution in [3.05, 3.63) is 72.4 Å². The van der Waals surface area contributed by atoms with Gasteiger partial charge in [-0.3, -0.25) is 0 Å². The van der Waals surface area contributed by atoms with Crippen LogP contribution < -0.4 is 4.72 Å². The van der Waals surface area contributed by atoms with Gasteiger partial charge >= 0.3 is 0 Å². The highest BCUT2D eigenvalue weighted by Crippen LogP contribution is 2.40. The number of sulfonamides is 1. The van der Waals surface area contributed by atoms with Gasteiger partial charge in [0.25, 0.3) is 0 Å². The van der Waals surface area contributed by atoms with Gasteiger partial charge in [0.15, 0.2) is 21.1 Å². The van der Waals surface area contributed by atoms with E-state index in [0.29, 0.717) is 11.7 Å². The molecular formula is C18H17N3O2S. The normalized spacial score (nSPS) is 16.5. The molecule has 0 amide bonds. The van der Waals surface area contributed by atoms with E-state index in [0.717, 1.165) is 24.2 Å². The van der Waals surface area contributed by atoms with Crippen LogP contribution in [0.3, 0.4) is 0 Å². The Morgan fingerprint density at radius 1 is 1.04 bits per heavy atom. The maximum atomic E-state index is 12.6. The van der Waals surface area contributed by atoms with Gasteiger partial charge in [0.2, 0.25) is 0 Å². The maximum Gasteiger partial charge on any atom is 0.181 e. The Bertz CT molecular complexity index is 889. The van der Waals surface area contributed by atoms with E-state index in [1.54, 1.807) is 35.0 Å². The molecule has 1 N–H and O–H groups in total. The molecule has 24 heavy (non-hydrogen) atoms. The molecule has 0 radical (unpaired) electrons. The Labute approximate surface area is 141 Å².